The van der Waals surface area contributed by atoms with E-state index in [1.165, 1.54) is 71.1 Å². The lowest BCUT2D eigenvalue weighted by Crippen LogP contribution is -2.39. The fourth-order valence-corrected chi connectivity index (χ4v) is 9.60. The van der Waals surface area contributed by atoms with Crippen LogP contribution in [0.15, 0.2) is 174 Å². The first-order chi connectivity index (χ1) is 27.7. The van der Waals surface area contributed by atoms with E-state index < -0.39 is 0 Å². The van der Waals surface area contributed by atoms with Crippen molar-refractivity contribution in [3.05, 3.63) is 187 Å². The highest BCUT2D eigenvalue weighted by Crippen LogP contribution is 2.47. The van der Waals surface area contributed by atoms with Gasteiger partial charge in [0.25, 0.3) is 0 Å². The number of para-hydroxylation sites is 3. The minimum absolute atomic E-state index is 0.260. The van der Waals surface area contributed by atoms with Gasteiger partial charge in [0.15, 0.2) is 0 Å². The summed E-state index contributed by atoms with van der Waals surface area (Å²) in [6.07, 6.45) is 7.49. The zero-order valence-corrected chi connectivity index (χ0v) is 30.9. The van der Waals surface area contributed by atoms with Gasteiger partial charge in [0.1, 0.15) is 17.9 Å². The van der Waals surface area contributed by atoms with Gasteiger partial charge in [-0.05, 0) is 94.4 Å². The molecule has 3 unspecified atom stereocenters. The highest BCUT2D eigenvalue weighted by Gasteiger charge is 2.36. The molecule has 0 saturated heterocycles. The summed E-state index contributed by atoms with van der Waals surface area (Å²) in [4.78, 5) is 0. The van der Waals surface area contributed by atoms with Gasteiger partial charge < -0.3 is 18.9 Å². The summed E-state index contributed by atoms with van der Waals surface area (Å²) in [6.45, 7) is 2.29. The third kappa shape index (κ3) is 4.64. The number of benzene rings is 7. The van der Waals surface area contributed by atoms with Gasteiger partial charge in [0.05, 0.1) is 27.6 Å². The summed E-state index contributed by atoms with van der Waals surface area (Å²) in [7, 11) is 0. The van der Waals surface area contributed by atoms with Crippen molar-refractivity contribution in [2.24, 2.45) is 5.92 Å². The summed E-state index contributed by atoms with van der Waals surface area (Å²) in [5.74, 6) is 1.30. The first kappa shape index (κ1) is 31.5. The van der Waals surface area contributed by atoms with Crippen LogP contribution in [0.2, 0.25) is 0 Å². The molecule has 0 fully saturated rings. The second-order valence-corrected chi connectivity index (χ2v) is 15.5. The summed E-state index contributed by atoms with van der Waals surface area (Å²) in [5.41, 5.74) is 11.5. The number of nitrogens with one attached hydrogen (secondary N) is 2. The highest BCUT2D eigenvalue weighted by molar-refractivity contribution is 6.13. The molecule has 3 atom stereocenters. The summed E-state index contributed by atoms with van der Waals surface area (Å²) >= 11 is 0. The van der Waals surface area contributed by atoms with Crippen LogP contribution in [0.3, 0.4) is 0 Å². The van der Waals surface area contributed by atoms with E-state index >= 15 is 0 Å². The zero-order valence-electron chi connectivity index (χ0n) is 30.9. The standard InChI is InChI=1S/C51H38N4O/c1-31-13-11-16-32(27-31)35-25-26-46-41(29-35)48-50(55-42-22-9-7-19-37(42)40-28-33-14-5-6-15-34(33)30-45(40)55)52-49(53-51(48)56-46)39-21-12-24-44-47(39)38-20-8-10-23-43(38)54(44)36-17-3-2-4-18-36/h2-12,14-31,49-50,52-53H,13H2,1H3. The van der Waals surface area contributed by atoms with Crippen LogP contribution in [0.5, 0.6) is 0 Å². The molecule has 3 aromatic heterocycles. The van der Waals surface area contributed by atoms with Gasteiger partial charge in [0, 0.05) is 32.6 Å². The van der Waals surface area contributed by atoms with Gasteiger partial charge >= 0.3 is 0 Å². The molecular weight excluding hydrogens is 685 g/mol. The van der Waals surface area contributed by atoms with Crippen LogP contribution in [-0.2, 0) is 0 Å². The molecule has 2 aliphatic rings. The Hall–Kier alpha value is -6.82. The largest absolute Gasteiger partial charge is 0.440 e. The molecule has 12 rings (SSSR count). The number of aromatic nitrogens is 2. The number of furan rings is 1. The van der Waals surface area contributed by atoms with Crippen LogP contribution in [0, 0.1) is 5.92 Å². The Kier molecular flexibility index (Phi) is 6.81. The van der Waals surface area contributed by atoms with Crippen molar-refractivity contribution < 1.29 is 4.42 Å². The maximum absolute atomic E-state index is 6.90. The van der Waals surface area contributed by atoms with E-state index in [1.54, 1.807) is 0 Å². The van der Waals surface area contributed by atoms with Crippen molar-refractivity contribution in [1.82, 2.24) is 14.5 Å². The van der Waals surface area contributed by atoms with E-state index in [0.717, 1.165) is 34.5 Å². The molecule has 0 spiro atoms. The zero-order chi connectivity index (χ0) is 36.9. The number of nitrogens with zero attached hydrogens (tertiary/aromatic N) is 2. The molecule has 10 aromatic rings. The molecule has 2 N–H and O–H groups in total. The van der Waals surface area contributed by atoms with Crippen molar-refractivity contribution in [2.75, 3.05) is 5.32 Å². The van der Waals surface area contributed by atoms with E-state index in [2.05, 4.69) is 197 Å². The molecule has 268 valence electrons. The Labute approximate surface area is 323 Å². The number of allylic oxidation sites excluding steroid dienone is 4. The average Bonchev–Trinajstić information content (AvgIpc) is 3.90. The number of hydrogen-bond donors (Lipinski definition) is 2. The smallest absolute Gasteiger partial charge is 0.202 e. The lowest BCUT2D eigenvalue weighted by atomic mass is 9.92. The average molecular weight is 723 g/mol. The van der Waals surface area contributed by atoms with Gasteiger partial charge in [-0.3, -0.25) is 5.32 Å². The minimum atomic E-state index is -0.271. The van der Waals surface area contributed by atoms with Crippen molar-refractivity contribution in [1.29, 1.82) is 0 Å². The molecule has 0 saturated carbocycles. The molecule has 1 aliphatic heterocycles. The predicted octanol–water partition coefficient (Wildman–Crippen LogP) is 13.0. The van der Waals surface area contributed by atoms with Gasteiger partial charge in [-0.25, -0.2) is 0 Å². The maximum Gasteiger partial charge on any atom is 0.202 e. The second-order valence-electron chi connectivity index (χ2n) is 15.5. The number of anilines is 1. The fraction of sp³-hybridized carbons (Fsp3) is 0.0980. The Morgan fingerprint density at radius 3 is 2.23 bits per heavy atom. The number of rotatable bonds is 4. The van der Waals surface area contributed by atoms with Crippen molar-refractivity contribution in [2.45, 2.75) is 25.7 Å². The Morgan fingerprint density at radius 2 is 1.38 bits per heavy atom. The molecule has 7 aromatic carbocycles. The lowest BCUT2D eigenvalue weighted by Gasteiger charge is -2.34. The van der Waals surface area contributed by atoms with Gasteiger partial charge in [-0.1, -0.05) is 122 Å². The van der Waals surface area contributed by atoms with E-state index in [-0.39, 0.29) is 12.3 Å². The molecule has 5 heteroatoms. The lowest BCUT2D eigenvalue weighted by molar-refractivity contribution is 0.410. The SMILES string of the molecule is CC1C=C(c2ccc3oc4c(c3c2)C(n2c3ccccc3c3cc5ccccc5cc32)NC(c2cccc3c2c2ccccc2n3-c2ccccc2)N4)C=CC1. The van der Waals surface area contributed by atoms with Crippen LogP contribution < -0.4 is 10.6 Å². The van der Waals surface area contributed by atoms with Crippen molar-refractivity contribution >= 4 is 76.8 Å². The maximum atomic E-state index is 6.90. The molecule has 5 nitrogen and oxygen atoms in total. The van der Waals surface area contributed by atoms with Gasteiger partial charge in [-0.15, -0.1) is 0 Å². The predicted molar refractivity (Wildman–Crippen MR) is 232 cm³/mol. The number of hydrogen-bond acceptors (Lipinski definition) is 3. The molecule has 1 aliphatic carbocycles. The minimum Gasteiger partial charge on any atom is -0.440 e. The van der Waals surface area contributed by atoms with E-state index in [0.29, 0.717) is 5.92 Å². The summed E-state index contributed by atoms with van der Waals surface area (Å²) in [6, 6.07) is 55.1. The van der Waals surface area contributed by atoms with E-state index in [4.69, 9.17) is 4.42 Å². The normalized spacial score (nSPS) is 18.3. The fourth-order valence-electron chi connectivity index (χ4n) is 9.60. The monoisotopic (exact) mass is 722 g/mol. The topological polar surface area (TPSA) is 47.1 Å². The summed E-state index contributed by atoms with van der Waals surface area (Å²) < 4.78 is 11.8. The molecule has 56 heavy (non-hydrogen) atoms. The van der Waals surface area contributed by atoms with Crippen LogP contribution in [0.4, 0.5) is 5.88 Å². The quantitative estimate of drug-likeness (QED) is 0.190. The Balaban J connectivity index is 1.13. The molecule has 0 amide bonds. The Morgan fingerprint density at radius 1 is 0.625 bits per heavy atom. The van der Waals surface area contributed by atoms with Crippen LogP contribution in [0.1, 0.15) is 42.4 Å². The third-order valence-electron chi connectivity index (χ3n) is 12.1. The van der Waals surface area contributed by atoms with Crippen molar-refractivity contribution in [3.63, 3.8) is 0 Å². The Bertz CT molecular complexity index is 3270. The molecule has 0 radical (unpaired) electrons. The second kappa shape index (κ2) is 12.1. The molecule has 0 bridgehead atoms. The highest BCUT2D eigenvalue weighted by atomic mass is 16.4. The van der Waals surface area contributed by atoms with Crippen LogP contribution in [0.25, 0.3) is 76.6 Å². The van der Waals surface area contributed by atoms with Gasteiger partial charge in [-0.2, -0.15) is 0 Å². The molecule has 4 heterocycles. The summed E-state index contributed by atoms with van der Waals surface area (Å²) in [5, 5.41) is 16.6. The third-order valence-corrected chi connectivity index (χ3v) is 12.1. The first-order valence-electron chi connectivity index (χ1n) is 19.6. The van der Waals surface area contributed by atoms with E-state index in [9.17, 15) is 0 Å². The molecular formula is C51H38N4O. The first-order valence-corrected chi connectivity index (χ1v) is 19.6. The van der Waals surface area contributed by atoms with E-state index in [1.807, 2.05) is 0 Å². The van der Waals surface area contributed by atoms with Crippen molar-refractivity contribution in [3.8, 4) is 5.69 Å². The van der Waals surface area contributed by atoms with Crippen LogP contribution >= 0.6 is 0 Å². The van der Waals surface area contributed by atoms with Gasteiger partial charge in [0.2, 0.25) is 5.88 Å². The number of fused-ring (bicyclic) bond motifs is 10. The van der Waals surface area contributed by atoms with Crippen LogP contribution in [-0.4, -0.2) is 9.13 Å².